The van der Waals surface area contributed by atoms with Crippen LogP contribution in [0, 0.1) is 0 Å². The first kappa shape index (κ1) is 16.6. The van der Waals surface area contributed by atoms with Crippen LogP contribution in [0.15, 0.2) is 89.8 Å². The SMILES string of the molecule is CP(C)(=Nn1nc2ccccc2c1Nc1ccccc1)c1ccccc1. The lowest BCUT2D eigenvalue weighted by Crippen LogP contribution is -2.06. The highest BCUT2D eigenvalue weighted by molar-refractivity contribution is 7.72. The van der Waals surface area contributed by atoms with Gasteiger partial charge in [-0.25, -0.2) is 0 Å². The summed E-state index contributed by atoms with van der Waals surface area (Å²) in [6, 6.07) is 28.7. The summed E-state index contributed by atoms with van der Waals surface area (Å²) >= 11 is 0. The van der Waals surface area contributed by atoms with E-state index in [1.807, 2.05) is 54.6 Å². The van der Waals surface area contributed by atoms with Crippen molar-refractivity contribution in [3.63, 3.8) is 0 Å². The van der Waals surface area contributed by atoms with Crippen molar-refractivity contribution >= 4 is 34.8 Å². The number of aromatic nitrogens is 2. The number of rotatable bonds is 4. The molecular formula is C21H21N4P. The summed E-state index contributed by atoms with van der Waals surface area (Å²) in [5.74, 6) is 0.899. The summed E-state index contributed by atoms with van der Waals surface area (Å²) in [6.45, 7) is 4.42. The average molecular weight is 360 g/mol. The zero-order valence-corrected chi connectivity index (χ0v) is 15.8. The molecule has 5 heteroatoms. The van der Waals surface area contributed by atoms with Gasteiger partial charge in [0.25, 0.3) is 0 Å². The monoisotopic (exact) mass is 360 g/mol. The molecule has 1 aromatic heterocycles. The number of anilines is 2. The van der Waals surface area contributed by atoms with Crippen LogP contribution < -0.4 is 10.6 Å². The Bertz CT molecular complexity index is 1080. The van der Waals surface area contributed by atoms with Crippen LogP contribution in [0.4, 0.5) is 11.5 Å². The average Bonchev–Trinajstić information content (AvgIpc) is 3.00. The minimum atomic E-state index is -1.72. The summed E-state index contributed by atoms with van der Waals surface area (Å²) in [4.78, 5) is 6.82. The second kappa shape index (κ2) is 6.81. The Kier molecular flexibility index (Phi) is 4.36. The summed E-state index contributed by atoms with van der Waals surface area (Å²) < 4.78 is 0. The van der Waals surface area contributed by atoms with E-state index in [1.165, 1.54) is 5.30 Å². The second-order valence-corrected chi connectivity index (χ2v) is 10.0. The fraction of sp³-hybridized carbons (Fsp3) is 0.0952. The molecular weight excluding hydrogens is 339 g/mol. The third-order valence-electron chi connectivity index (χ3n) is 4.29. The minimum Gasteiger partial charge on any atom is -0.338 e. The standard InChI is InChI=1S/C21H21N4P/c1-26(2,18-13-7-4-8-14-18)24-25-21(22-17-11-5-3-6-12-17)19-15-9-10-16-20(19)23-25/h3-16,22H,1-2H3. The molecule has 0 fully saturated rings. The Balaban J connectivity index is 1.87. The van der Waals surface area contributed by atoms with Crippen molar-refractivity contribution in [3.8, 4) is 0 Å². The Morgan fingerprint density at radius 2 is 1.42 bits per heavy atom. The first-order valence-electron chi connectivity index (χ1n) is 8.56. The highest BCUT2D eigenvalue weighted by atomic mass is 31.2. The molecule has 4 aromatic rings. The molecule has 130 valence electrons. The van der Waals surface area contributed by atoms with Gasteiger partial charge in [-0.15, -0.1) is 9.89 Å². The minimum absolute atomic E-state index is 0.899. The lowest BCUT2D eigenvalue weighted by atomic mass is 10.2. The van der Waals surface area contributed by atoms with Gasteiger partial charge < -0.3 is 5.32 Å². The van der Waals surface area contributed by atoms with Crippen LogP contribution in [0.5, 0.6) is 0 Å². The third-order valence-corrected chi connectivity index (χ3v) is 6.47. The van der Waals surface area contributed by atoms with E-state index in [0.29, 0.717) is 0 Å². The van der Waals surface area contributed by atoms with E-state index in [0.717, 1.165) is 22.4 Å². The van der Waals surface area contributed by atoms with Gasteiger partial charge in [0.05, 0.1) is 5.52 Å². The first-order chi connectivity index (χ1) is 12.6. The lowest BCUT2D eigenvalue weighted by molar-refractivity contribution is 0.771. The van der Waals surface area contributed by atoms with Gasteiger partial charge in [0.1, 0.15) is 0 Å². The van der Waals surface area contributed by atoms with Gasteiger partial charge in [-0.2, -0.15) is 4.85 Å². The number of hydrogen-bond acceptors (Lipinski definition) is 3. The maximum Gasteiger partial charge on any atom is 0.162 e. The fourth-order valence-corrected chi connectivity index (χ4v) is 4.48. The van der Waals surface area contributed by atoms with E-state index in [2.05, 4.69) is 49.0 Å². The summed E-state index contributed by atoms with van der Waals surface area (Å²) in [5.41, 5.74) is 1.95. The maximum atomic E-state index is 5.05. The summed E-state index contributed by atoms with van der Waals surface area (Å²) in [5, 5.41) is 10.5. The molecule has 1 N–H and O–H groups in total. The van der Waals surface area contributed by atoms with E-state index in [9.17, 15) is 0 Å². The van der Waals surface area contributed by atoms with E-state index in [-0.39, 0.29) is 0 Å². The predicted octanol–water partition coefficient (Wildman–Crippen LogP) is 5.33. The van der Waals surface area contributed by atoms with E-state index < -0.39 is 7.05 Å². The Hall–Kier alpha value is -2.84. The number of para-hydroxylation sites is 1. The molecule has 3 aromatic carbocycles. The highest BCUT2D eigenvalue weighted by Gasteiger charge is 2.15. The number of nitrogens with one attached hydrogen (secondary N) is 1. The van der Waals surface area contributed by atoms with Crippen molar-refractivity contribution in [2.24, 2.45) is 4.85 Å². The van der Waals surface area contributed by atoms with Crippen molar-refractivity contribution in [1.82, 2.24) is 9.89 Å². The van der Waals surface area contributed by atoms with Crippen LogP contribution in [0.2, 0.25) is 0 Å². The topological polar surface area (TPSA) is 42.2 Å². The largest absolute Gasteiger partial charge is 0.338 e. The quantitative estimate of drug-likeness (QED) is 0.500. The molecule has 4 rings (SSSR count). The van der Waals surface area contributed by atoms with Gasteiger partial charge >= 0.3 is 0 Å². The zero-order chi connectivity index (χ0) is 18.0. The van der Waals surface area contributed by atoms with E-state index >= 15 is 0 Å². The molecule has 0 unspecified atom stereocenters. The molecule has 0 bridgehead atoms. The van der Waals surface area contributed by atoms with Crippen molar-refractivity contribution in [2.45, 2.75) is 0 Å². The van der Waals surface area contributed by atoms with Crippen molar-refractivity contribution in [2.75, 3.05) is 18.6 Å². The molecule has 4 nitrogen and oxygen atoms in total. The molecule has 0 saturated carbocycles. The number of fused-ring (bicyclic) bond motifs is 1. The molecule has 0 aliphatic heterocycles. The molecule has 0 aliphatic carbocycles. The van der Waals surface area contributed by atoms with Gasteiger partial charge in [-0.3, -0.25) is 0 Å². The predicted molar refractivity (Wildman–Crippen MR) is 112 cm³/mol. The van der Waals surface area contributed by atoms with Crippen LogP contribution >= 0.6 is 7.05 Å². The van der Waals surface area contributed by atoms with Crippen LogP contribution in [0.1, 0.15) is 0 Å². The molecule has 0 amide bonds. The molecule has 26 heavy (non-hydrogen) atoms. The number of hydrogen-bond donors (Lipinski definition) is 1. The summed E-state index contributed by atoms with van der Waals surface area (Å²) in [6.07, 6.45) is 0. The van der Waals surface area contributed by atoms with Crippen molar-refractivity contribution in [3.05, 3.63) is 84.9 Å². The Labute approximate surface area is 153 Å². The first-order valence-corrected chi connectivity index (χ1v) is 11.2. The molecule has 0 atom stereocenters. The maximum absolute atomic E-state index is 5.05. The highest BCUT2D eigenvalue weighted by Crippen LogP contribution is 2.41. The molecule has 0 saturated heterocycles. The molecule has 0 aliphatic rings. The van der Waals surface area contributed by atoms with Gasteiger partial charge in [0, 0.05) is 18.1 Å². The van der Waals surface area contributed by atoms with Crippen LogP contribution in [0.3, 0.4) is 0 Å². The van der Waals surface area contributed by atoms with E-state index in [1.54, 1.807) is 4.79 Å². The van der Waals surface area contributed by atoms with Gasteiger partial charge in [-0.1, -0.05) is 60.7 Å². The normalized spacial score (nSPS) is 11.5. The smallest absolute Gasteiger partial charge is 0.162 e. The fourth-order valence-electron chi connectivity index (χ4n) is 2.92. The molecule has 1 heterocycles. The van der Waals surface area contributed by atoms with Crippen molar-refractivity contribution in [1.29, 1.82) is 0 Å². The Morgan fingerprint density at radius 1 is 0.808 bits per heavy atom. The Morgan fingerprint density at radius 3 is 2.15 bits per heavy atom. The number of nitrogens with zero attached hydrogens (tertiary/aromatic N) is 3. The number of benzene rings is 3. The molecule has 0 radical (unpaired) electrons. The van der Waals surface area contributed by atoms with Crippen LogP contribution in [-0.2, 0) is 0 Å². The van der Waals surface area contributed by atoms with Gasteiger partial charge in [-0.05, 0) is 42.9 Å². The van der Waals surface area contributed by atoms with Gasteiger partial charge in [0.15, 0.2) is 5.82 Å². The van der Waals surface area contributed by atoms with Crippen LogP contribution in [-0.4, -0.2) is 23.2 Å². The summed E-state index contributed by atoms with van der Waals surface area (Å²) in [7, 11) is -1.72. The molecule has 0 spiro atoms. The second-order valence-electron chi connectivity index (χ2n) is 6.57. The lowest BCUT2D eigenvalue weighted by Gasteiger charge is -2.15. The van der Waals surface area contributed by atoms with E-state index in [4.69, 9.17) is 9.95 Å². The van der Waals surface area contributed by atoms with Gasteiger partial charge in [0.2, 0.25) is 0 Å². The third kappa shape index (κ3) is 3.29. The van der Waals surface area contributed by atoms with Crippen molar-refractivity contribution < 1.29 is 0 Å². The zero-order valence-electron chi connectivity index (χ0n) is 14.9. The van der Waals surface area contributed by atoms with Crippen LogP contribution in [0.25, 0.3) is 10.9 Å².